The topological polar surface area (TPSA) is 143 Å². The second-order valence-electron chi connectivity index (χ2n) is 5.65. The largest absolute Gasteiger partial charge is 0.379 e. The highest BCUT2D eigenvalue weighted by atomic mass is 16.5. The predicted octanol–water partition coefficient (Wildman–Crippen LogP) is 1.98. The van der Waals surface area contributed by atoms with Crippen LogP contribution >= 0.6 is 0 Å². The molecule has 11 heteroatoms. The maximum atomic E-state index is 12.0. The number of hydrogen-bond acceptors (Lipinski definition) is 8. The number of amides is 1. The van der Waals surface area contributed by atoms with Gasteiger partial charge in [-0.2, -0.15) is 5.10 Å². The van der Waals surface area contributed by atoms with Gasteiger partial charge in [0.25, 0.3) is 5.91 Å². The number of azide groups is 1. The number of rotatable bonds is 15. The summed E-state index contributed by atoms with van der Waals surface area (Å²) in [7, 11) is 0. The summed E-state index contributed by atoms with van der Waals surface area (Å²) >= 11 is 0. The van der Waals surface area contributed by atoms with Crippen LogP contribution in [0.5, 0.6) is 0 Å². The van der Waals surface area contributed by atoms with E-state index in [2.05, 4.69) is 30.9 Å². The van der Waals surface area contributed by atoms with Crippen molar-refractivity contribution >= 4 is 17.4 Å². The molecule has 11 nitrogen and oxygen atoms in total. The lowest BCUT2D eigenvalue weighted by Crippen LogP contribution is -2.27. The molecular weight excluding hydrogens is 366 g/mol. The fourth-order valence-electron chi connectivity index (χ4n) is 1.79. The minimum atomic E-state index is -0.216. The molecule has 1 aromatic heterocycles. The highest BCUT2D eigenvalue weighted by molar-refractivity contribution is 5.94. The molecule has 0 aliphatic rings. The molecule has 0 aliphatic carbocycles. The summed E-state index contributed by atoms with van der Waals surface area (Å²) in [6, 6.07) is 3.37. The lowest BCUT2D eigenvalue weighted by atomic mass is 10.2. The lowest BCUT2D eigenvalue weighted by molar-refractivity contribution is 0.0166. The van der Waals surface area contributed by atoms with Gasteiger partial charge in [0.05, 0.1) is 45.2 Å². The van der Waals surface area contributed by atoms with Gasteiger partial charge in [-0.1, -0.05) is 5.11 Å². The third-order valence-electron chi connectivity index (χ3n) is 3.09. The number of ether oxygens (including phenoxy) is 3. The van der Waals surface area contributed by atoms with Gasteiger partial charge in [-0.15, -0.1) is 0 Å². The number of pyridine rings is 1. The molecule has 0 radical (unpaired) electrons. The van der Waals surface area contributed by atoms with E-state index >= 15 is 0 Å². The van der Waals surface area contributed by atoms with E-state index in [-0.39, 0.29) is 5.91 Å². The van der Waals surface area contributed by atoms with Crippen LogP contribution in [0.3, 0.4) is 0 Å². The van der Waals surface area contributed by atoms with Crippen molar-refractivity contribution in [2.45, 2.75) is 13.8 Å². The van der Waals surface area contributed by atoms with E-state index in [1.54, 1.807) is 12.1 Å². The fraction of sp³-hybridized carbons (Fsp3) is 0.588. The number of anilines is 1. The van der Waals surface area contributed by atoms with E-state index < -0.39 is 0 Å². The van der Waals surface area contributed by atoms with Gasteiger partial charge in [0.15, 0.2) is 0 Å². The Labute approximate surface area is 164 Å². The second kappa shape index (κ2) is 15.3. The third kappa shape index (κ3) is 11.8. The van der Waals surface area contributed by atoms with Crippen molar-refractivity contribution < 1.29 is 19.0 Å². The Hall–Kier alpha value is -2.72. The van der Waals surface area contributed by atoms with Crippen molar-refractivity contribution in [3.8, 4) is 0 Å². The van der Waals surface area contributed by atoms with Crippen LogP contribution in [0.2, 0.25) is 0 Å². The van der Waals surface area contributed by atoms with Crippen LogP contribution in [-0.4, -0.2) is 69.3 Å². The molecule has 0 aliphatic heterocycles. The summed E-state index contributed by atoms with van der Waals surface area (Å²) < 4.78 is 15.9. The first-order chi connectivity index (χ1) is 13.6. The van der Waals surface area contributed by atoms with Crippen LogP contribution in [0.25, 0.3) is 10.4 Å². The zero-order valence-electron chi connectivity index (χ0n) is 16.3. The summed E-state index contributed by atoms with van der Waals surface area (Å²) in [5, 5.41) is 10.1. The van der Waals surface area contributed by atoms with E-state index in [9.17, 15) is 4.79 Å². The number of nitrogens with zero attached hydrogens (tertiary/aromatic N) is 5. The summed E-state index contributed by atoms with van der Waals surface area (Å²) in [5.74, 6) is 0.356. The quantitative estimate of drug-likeness (QED) is 0.116. The lowest BCUT2D eigenvalue weighted by Gasteiger charge is -2.08. The van der Waals surface area contributed by atoms with Gasteiger partial charge < -0.3 is 19.5 Å². The molecule has 0 saturated carbocycles. The Bertz CT molecular complexity index is 641. The van der Waals surface area contributed by atoms with Crippen molar-refractivity contribution in [2.24, 2.45) is 10.2 Å². The predicted molar refractivity (Wildman–Crippen MR) is 105 cm³/mol. The molecule has 0 atom stereocenters. The Balaban J connectivity index is 2.02. The summed E-state index contributed by atoms with van der Waals surface area (Å²) in [4.78, 5) is 18.8. The highest BCUT2D eigenvalue weighted by Gasteiger charge is 2.05. The van der Waals surface area contributed by atoms with Gasteiger partial charge in [0, 0.05) is 29.9 Å². The normalized spacial score (nSPS) is 10.1. The molecule has 0 bridgehead atoms. The van der Waals surface area contributed by atoms with Gasteiger partial charge >= 0.3 is 0 Å². The number of hydrazone groups is 1. The smallest absolute Gasteiger partial charge is 0.252 e. The third-order valence-corrected chi connectivity index (χ3v) is 3.09. The first-order valence-electron chi connectivity index (χ1n) is 8.88. The molecule has 1 aromatic rings. The standard InChI is InChI=1S/C17H27N7O4/c1-14(2)22-23-16-4-3-15(13-20-16)17(25)19-5-7-26-9-11-28-12-10-27-8-6-21-24-18/h3-4,13H,5-12H2,1-2H3,(H,19,25)(H,20,23). The van der Waals surface area contributed by atoms with Crippen molar-refractivity contribution in [1.82, 2.24) is 10.3 Å². The maximum Gasteiger partial charge on any atom is 0.252 e. The molecule has 1 rings (SSSR count). The summed E-state index contributed by atoms with van der Waals surface area (Å²) in [5.41, 5.74) is 12.2. The minimum Gasteiger partial charge on any atom is -0.379 e. The van der Waals surface area contributed by atoms with Crippen LogP contribution in [0.1, 0.15) is 24.2 Å². The van der Waals surface area contributed by atoms with Crippen molar-refractivity contribution in [2.75, 3.05) is 58.2 Å². The molecule has 1 heterocycles. The van der Waals surface area contributed by atoms with Crippen LogP contribution < -0.4 is 10.7 Å². The molecule has 0 fully saturated rings. The van der Waals surface area contributed by atoms with Crippen LogP contribution in [0, 0.1) is 0 Å². The number of carbonyl (C=O) groups is 1. The molecule has 28 heavy (non-hydrogen) atoms. The van der Waals surface area contributed by atoms with Gasteiger partial charge in [-0.05, 0) is 31.5 Å². The number of carbonyl (C=O) groups excluding carboxylic acids is 1. The molecular formula is C17H27N7O4. The van der Waals surface area contributed by atoms with Crippen molar-refractivity contribution in [3.05, 3.63) is 34.3 Å². The van der Waals surface area contributed by atoms with E-state index in [0.717, 1.165) is 5.71 Å². The number of nitrogens with one attached hydrogen (secondary N) is 2. The Kier molecular flexibility index (Phi) is 12.8. The van der Waals surface area contributed by atoms with Crippen LogP contribution in [0.4, 0.5) is 5.82 Å². The highest BCUT2D eigenvalue weighted by Crippen LogP contribution is 2.05. The molecule has 0 aromatic carbocycles. The van der Waals surface area contributed by atoms with E-state index in [1.165, 1.54) is 6.20 Å². The fourth-order valence-corrected chi connectivity index (χ4v) is 1.79. The molecule has 154 valence electrons. The average Bonchev–Trinajstić information content (AvgIpc) is 2.70. The zero-order valence-corrected chi connectivity index (χ0v) is 16.3. The van der Waals surface area contributed by atoms with Gasteiger partial charge in [0.2, 0.25) is 0 Å². The number of aromatic nitrogens is 1. The monoisotopic (exact) mass is 393 g/mol. The zero-order chi connectivity index (χ0) is 20.5. The van der Waals surface area contributed by atoms with Crippen molar-refractivity contribution in [3.63, 3.8) is 0 Å². The first kappa shape index (κ1) is 23.3. The number of hydrogen-bond donors (Lipinski definition) is 2. The molecule has 1 amide bonds. The average molecular weight is 393 g/mol. The minimum absolute atomic E-state index is 0.216. The molecule has 0 saturated heterocycles. The first-order valence-corrected chi connectivity index (χ1v) is 8.88. The van der Waals surface area contributed by atoms with E-state index in [1.807, 2.05) is 13.8 Å². The Morgan fingerprint density at radius 3 is 2.39 bits per heavy atom. The molecule has 0 unspecified atom stereocenters. The van der Waals surface area contributed by atoms with E-state index in [4.69, 9.17) is 19.7 Å². The molecule has 2 N–H and O–H groups in total. The second-order valence-corrected chi connectivity index (χ2v) is 5.65. The molecule has 0 spiro atoms. The summed E-state index contributed by atoms with van der Waals surface area (Å²) in [6.45, 7) is 6.94. The van der Waals surface area contributed by atoms with Crippen LogP contribution in [0.15, 0.2) is 28.5 Å². The van der Waals surface area contributed by atoms with Crippen molar-refractivity contribution in [1.29, 1.82) is 0 Å². The Morgan fingerprint density at radius 2 is 1.79 bits per heavy atom. The SMILES string of the molecule is CC(C)=NNc1ccc(C(=O)NCCOCCOCCOCCN=[N+]=[N-])cn1. The van der Waals surface area contributed by atoms with Gasteiger partial charge in [-0.3, -0.25) is 10.2 Å². The Morgan fingerprint density at radius 1 is 1.11 bits per heavy atom. The van der Waals surface area contributed by atoms with E-state index in [0.29, 0.717) is 64.1 Å². The van der Waals surface area contributed by atoms with Crippen LogP contribution in [-0.2, 0) is 14.2 Å². The van der Waals surface area contributed by atoms with Gasteiger partial charge in [0.1, 0.15) is 5.82 Å². The van der Waals surface area contributed by atoms with Gasteiger partial charge in [-0.25, -0.2) is 4.98 Å². The maximum absolute atomic E-state index is 12.0. The summed E-state index contributed by atoms with van der Waals surface area (Å²) in [6.07, 6.45) is 1.49.